The van der Waals surface area contributed by atoms with Gasteiger partial charge in [-0.15, -0.1) is 18.3 Å². The minimum Gasteiger partial charge on any atom is -0.403 e. The van der Waals surface area contributed by atoms with E-state index in [0.717, 1.165) is 6.07 Å². The molecule has 1 atom stereocenters. The molecule has 0 aromatic carbocycles. The number of hydrogen-bond donors (Lipinski definition) is 1. The Labute approximate surface area is 173 Å². The summed E-state index contributed by atoms with van der Waals surface area (Å²) >= 11 is 0. The molecule has 1 aliphatic heterocycles. The molecule has 0 saturated heterocycles. The van der Waals surface area contributed by atoms with Gasteiger partial charge in [-0.1, -0.05) is 5.10 Å². The lowest BCUT2D eigenvalue weighted by Crippen LogP contribution is -2.37. The first-order chi connectivity index (χ1) is 15.1. The number of fused-ring (bicyclic) bond motifs is 2. The van der Waals surface area contributed by atoms with Gasteiger partial charge in [0.05, 0.1) is 17.7 Å². The van der Waals surface area contributed by atoms with Crippen molar-refractivity contribution in [2.75, 3.05) is 11.4 Å². The Morgan fingerprint density at radius 1 is 1.16 bits per heavy atom. The van der Waals surface area contributed by atoms with Gasteiger partial charge in [0.25, 0.3) is 0 Å². The van der Waals surface area contributed by atoms with Gasteiger partial charge in [0, 0.05) is 24.9 Å². The lowest BCUT2D eigenvalue weighted by Gasteiger charge is -2.32. The molecule has 4 aromatic heterocycles. The largest absolute Gasteiger partial charge is 0.573 e. The Kier molecular flexibility index (Phi) is 4.32. The second-order valence-corrected chi connectivity index (χ2v) is 6.82. The topological polar surface area (TPSA) is 97.4 Å². The van der Waals surface area contributed by atoms with E-state index < -0.39 is 36.2 Å². The Bertz CT molecular complexity index is 1270. The second-order valence-electron chi connectivity index (χ2n) is 6.82. The highest BCUT2D eigenvalue weighted by molar-refractivity contribution is 5.61. The summed E-state index contributed by atoms with van der Waals surface area (Å²) in [6.45, 7) is 0.166. The van der Waals surface area contributed by atoms with Gasteiger partial charge in [0.1, 0.15) is 11.6 Å². The summed E-state index contributed by atoms with van der Waals surface area (Å²) in [6, 6.07) is 2.46. The number of imidazole rings is 1. The van der Waals surface area contributed by atoms with Crippen LogP contribution in [0, 0.1) is 0 Å². The molecule has 9 nitrogen and oxygen atoms in total. The smallest absolute Gasteiger partial charge is 0.403 e. The van der Waals surface area contributed by atoms with Crippen molar-refractivity contribution in [2.24, 2.45) is 0 Å². The van der Waals surface area contributed by atoms with Crippen LogP contribution in [0.4, 0.5) is 32.4 Å². The van der Waals surface area contributed by atoms with Gasteiger partial charge in [-0.25, -0.2) is 9.50 Å². The van der Waals surface area contributed by atoms with Gasteiger partial charge >= 0.3 is 24.4 Å². The molecule has 0 spiro atoms. The number of H-pyrrole nitrogens is 1. The molecule has 1 aliphatic rings. The maximum Gasteiger partial charge on any atom is 0.573 e. The first kappa shape index (κ1) is 20.1. The lowest BCUT2D eigenvalue weighted by atomic mass is 10.0. The molecule has 0 bridgehead atoms. The fraction of sp³-hybridized carbons (Fsp3) is 0.294. The molecule has 0 fully saturated rings. The monoisotopic (exact) mass is 459 g/mol. The molecule has 5 heterocycles. The standard InChI is InChI=1S/C17H11F6N7O2/c18-16(19,20)14-26-27-15(31-14)29-5-3-8-12(25-7-24-8)13(29)9-6-10-11(32-17(21,22)23)2-1-4-30(10)28-9/h1-2,4,6-7,13H,3,5H2,(H,24,25). The third-order valence-corrected chi connectivity index (χ3v) is 4.82. The number of rotatable bonds is 3. The summed E-state index contributed by atoms with van der Waals surface area (Å²) in [7, 11) is 0. The number of nitrogens with one attached hydrogen (secondary N) is 1. The normalized spacial score (nSPS) is 17.1. The van der Waals surface area contributed by atoms with E-state index in [1.165, 1.54) is 34.1 Å². The zero-order valence-corrected chi connectivity index (χ0v) is 15.6. The highest BCUT2D eigenvalue weighted by Crippen LogP contribution is 2.39. The molecule has 0 radical (unpaired) electrons. The van der Waals surface area contributed by atoms with Crippen LogP contribution in [0.1, 0.15) is 29.0 Å². The third-order valence-electron chi connectivity index (χ3n) is 4.82. The predicted molar refractivity (Wildman–Crippen MR) is 92.7 cm³/mol. The van der Waals surface area contributed by atoms with Gasteiger partial charge in [-0.3, -0.25) is 0 Å². The first-order valence-electron chi connectivity index (χ1n) is 9.04. The maximum atomic E-state index is 12.9. The number of anilines is 1. The number of aromatic amines is 1. The van der Waals surface area contributed by atoms with Crippen LogP contribution in [0.2, 0.25) is 0 Å². The van der Waals surface area contributed by atoms with Crippen LogP contribution in [0.5, 0.6) is 5.75 Å². The zero-order chi connectivity index (χ0) is 22.7. The van der Waals surface area contributed by atoms with E-state index in [0.29, 0.717) is 17.8 Å². The number of nitrogens with zero attached hydrogens (tertiary/aromatic N) is 6. The number of aromatic nitrogens is 6. The van der Waals surface area contributed by atoms with Crippen molar-refractivity contribution in [3.05, 3.63) is 53.7 Å². The zero-order valence-electron chi connectivity index (χ0n) is 15.6. The Hall–Kier alpha value is -3.78. The van der Waals surface area contributed by atoms with E-state index >= 15 is 0 Å². The summed E-state index contributed by atoms with van der Waals surface area (Å²) in [4.78, 5) is 8.54. The quantitative estimate of drug-likeness (QED) is 0.469. The third kappa shape index (κ3) is 3.48. The van der Waals surface area contributed by atoms with Gasteiger partial charge in [0.15, 0.2) is 5.75 Å². The van der Waals surface area contributed by atoms with Crippen LogP contribution in [-0.4, -0.2) is 42.7 Å². The van der Waals surface area contributed by atoms with E-state index in [-0.39, 0.29) is 17.8 Å². The number of halogens is 6. The fourth-order valence-electron chi connectivity index (χ4n) is 3.58. The maximum absolute atomic E-state index is 12.9. The van der Waals surface area contributed by atoms with Crippen molar-refractivity contribution in [3.63, 3.8) is 0 Å². The van der Waals surface area contributed by atoms with Crippen molar-refractivity contribution in [1.82, 2.24) is 29.8 Å². The van der Waals surface area contributed by atoms with Gasteiger partial charge in [0.2, 0.25) is 0 Å². The highest BCUT2D eigenvalue weighted by atomic mass is 19.4. The molecule has 0 aliphatic carbocycles. The molecule has 5 rings (SSSR count). The fourth-order valence-corrected chi connectivity index (χ4v) is 3.58. The van der Waals surface area contributed by atoms with Crippen LogP contribution in [0.25, 0.3) is 5.52 Å². The number of pyridine rings is 1. The van der Waals surface area contributed by atoms with Crippen LogP contribution >= 0.6 is 0 Å². The van der Waals surface area contributed by atoms with E-state index in [4.69, 9.17) is 4.42 Å². The summed E-state index contributed by atoms with van der Waals surface area (Å²) < 4.78 is 87.2. The molecule has 0 saturated carbocycles. The van der Waals surface area contributed by atoms with Crippen LogP contribution in [0.3, 0.4) is 0 Å². The van der Waals surface area contributed by atoms with Crippen LogP contribution < -0.4 is 9.64 Å². The molecule has 0 amide bonds. The van der Waals surface area contributed by atoms with Gasteiger partial charge < -0.3 is 19.0 Å². The molecular weight excluding hydrogens is 448 g/mol. The van der Waals surface area contributed by atoms with Crippen molar-refractivity contribution >= 4 is 11.5 Å². The first-order valence-corrected chi connectivity index (χ1v) is 9.04. The Morgan fingerprint density at radius 2 is 1.97 bits per heavy atom. The van der Waals surface area contributed by atoms with Crippen LogP contribution in [0.15, 0.2) is 35.1 Å². The van der Waals surface area contributed by atoms with E-state index in [9.17, 15) is 26.3 Å². The molecule has 1 unspecified atom stereocenters. The molecule has 32 heavy (non-hydrogen) atoms. The number of ether oxygens (including phenoxy) is 1. The second kappa shape index (κ2) is 6.86. The van der Waals surface area contributed by atoms with Crippen molar-refractivity contribution < 1.29 is 35.5 Å². The van der Waals surface area contributed by atoms with E-state index in [2.05, 4.69) is 30.0 Å². The summed E-state index contributed by atoms with van der Waals surface area (Å²) in [5, 5.41) is 10.9. The van der Waals surface area contributed by atoms with Crippen LogP contribution in [-0.2, 0) is 12.6 Å². The number of alkyl halides is 6. The Balaban J connectivity index is 1.61. The van der Waals surface area contributed by atoms with E-state index in [1.54, 1.807) is 0 Å². The summed E-state index contributed by atoms with van der Waals surface area (Å²) in [5.41, 5.74) is 1.32. The molecule has 168 valence electrons. The average Bonchev–Trinajstić information content (AvgIpc) is 3.43. The Morgan fingerprint density at radius 3 is 2.69 bits per heavy atom. The van der Waals surface area contributed by atoms with Gasteiger partial charge in [-0.2, -0.15) is 18.3 Å². The van der Waals surface area contributed by atoms with Crippen molar-refractivity contribution in [1.29, 1.82) is 0 Å². The van der Waals surface area contributed by atoms with Crippen molar-refractivity contribution in [3.8, 4) is 5.75 Å². The van der Waals surface area contributed by atoms with Gasteiger partial charge in [-0.05, 0) is 18.2 Å². The minimum atomic E-state index is -4.92. The minimum absolute atomic E-state index is 0.00365. The SMILES string of the molecule is FC(F)(F)Oc1cccn2nc(C3c4nc[nH]c4CCN3c3nnc(C(F)(F)F)o3)cc12. The number of hydrogen-bond acceptors (Lipinski definition) is 7. The molecule has 15 heteroatoms. The summed E-state index contributed by atoms with van der Waals surface area (Å²) in [6.07, 6.45) is -6.55. The highest BCUT2D eigenvalue weighted by Gasteiger charge is 2.41. The molecule has 1 N–H and O–H groups in total. The van der Waals surface area contributed by atoms with E-state index in [1.807, 2.05) is 0 Å². The molecular formula is C17H11F6N7O2. The summed E-state index contributed by atoms with van der Waals surface area (Å²) in [5.74, 6) is -2.00. The van der Waals surface area contributed by atoms with Crippen molar-refractivity contribution in [2.45, 2.75) is 25.0 Å². The average molecular weight is 459 g/mol. The molecule has 4 aromatic rings. The predicted octanol–water partition coefficient (Wildman–Crippen LogP) is 3.51. The lowest BCUT2D eigenvalue weighted by molar-refractivity contribution is -0.274.